The minimum absolute atomic E-state index is 0.0314. The van der Waals surface area contributed by atoms with Gasteiger partial charge < -0.3 is 10.1 Å². The fraction of sp³-hybridized carbons (Fsp3) is 0.500. The van der Waals surface area contributed by atoms with Gasteiger partial charge in [-0.15, -0.1) is 0 Å². The lowest BCUT2D eigenvalue weighted by Gasteiger charge is -2.08. The summed E-state index contributed by atoms with van der Waals surface area (Å²) in [4.78, 5) is 11.5. The number of amides is 1. The molecule has 0 radical (unpaired) electrons. The molecule has 0 atom stereocenters. The van der Waals surface area contributed by atoms with Crippen LogP contribution in [-0.2, 0) is 4.79 Å². The summed E-state index contributed by atoms with van der Waals surface area (Å²) in [6, 6.07) is 5.97. The molecule has 0 saturated heterocycles. The number of hydrogen-bond donors (Lipinski definition) is 1. The SMILES string of the molecule is Cc1cc(C)cc(OCC(=O)NCC2CC2)c1. The Balaban J connectivity index is 1.77. The normalized spacial score (nSPS) is 14.5. The number of nitrogens with one attached hydrogen (secondary N) is 1. The van der Waals surface area contributed by atoms with Crippen LogP contribution in [0.4, 0.5) is 0 Å². The van der Waals surface area contributed by atoms with Crippen molar-refractivity contribution in [1.82, 2.24) is 5.32 Å². The van der Waals surface area contributed by atoms with Gasteiger partial charge in [0.1, 0.15) is 5.75 Å². The lowest BCUT2D eigenvalue weighted by atomic mass is 10.1. The second kappa shape index (κ2) is 5.21. The minimum atomic E-state index is -0.0314. The fourth-order valence-corrected chi connectivity index (χ4v) is 1.80. The van der Waals surface area contributed by atoms with E-state index in [2.05, 4.69) is 11.4 Å². The molecular formula is C14H19NO2. The van der Waals surface area contributed by atoms with Gasteiger partial charge in [-0.25, -0.2) is 0 Å². The number of ether oxygens (including phenoxy) is 1. The lowest BCUT2D eigenvalue weighted by Crippen LogP contribution is -2.30. The van der Waals surface area contributed by atoms with Crippen molar-refractivity contribution in [2.45, 2.75) is 26.7 Å². The molecule has 0 spiro atoms. The third kappa shape index (κ3) is 4.10. The van der Waals surface area contributed by atoms with Crippen LogP contribution in [0.5, 0.6) is 5.75 Å². The zero-order valence-electron chi connectivity index (χ0n) is 10.5. The molecule has 92 valence electrons. The van der Waals surface area contributed by atoms with Crippen molar-refractivity contribution in [3.8, 4) is 5.75 Å². The van der Waals surface area contributed by atoms with Crippen LogP contribution in [0.2, 0.25) is 0 Å². The summed E-state index contributed by atoms with van der Waals surface area (Å²) in [7, 11) is 0. The molecule has 17 heavy (non-hydrogen) atoms. The molecule has 0 unspecified atom stereocenters. The van der Waals surface area contributed by atoms with Crippen LogP contribution in [0.3, 0.4) is 0 Å². The molecule has 1 fully saturated rings. The Morgan fingerprint density at radius 1 is 1.29 bits per heavy atom. The van der Waals surface area contributed by atoms with E-state index in [9.17, 15) is 4.79 Å². The smallest absolute Gasteiger partial charge is 0.257 e. The lowest BCUT2D eigenvalue weighted by molar-refractivity contribution is -0.123. The van der Waals surface area contributed by atoms with E-state index in [1.807, 2.05) is 26.0 Å². The van der Waals surface area contributed by atoms with Crippen molar-refractivity contribution in [2.75, 3.05) is 13.2 Å². The molecule has 1 amide bonds. The van der Waals surface area contributed by atoms with Crippen LogP contribution in [-0.4, -0.2) is 19.1 Å². The van der Waals surface area contributed by atoms with Gasteiger partial charge in [-0.1, -0.05) is 6.07 Å². The first-order valence-corrected chi connectivity index (χ1v) is 6.11. The summed E-state index contributed by atoms with van der Waals surface area (Å²) in [6.45, 7) is 4.95. The fourth-order valence-electron chi connectivity index (χ4n) is 1.80. The highest BCUT2D eigenvalue weighted by molar-refractivity contribution is 5.77. The average molecular weight is 233 g/mol. The van der Waals surface area contributed by atoms with Crippen molar-refractivity contribution in [3.05, 3.63) is 29.3 Å². The highest BCUT2D eigenvalue weighted by Crippen LogP contribution is 2.27. The Morgan fingerprint density at radius 2 is 1.94 bits per heavy atom. The molecule has 3 heteroatoms. The monoisotopic (exact) mass is 233 g/mol. The van der Waals surface area contributed by atoms with Crippen molar-refractivity contribution in [1.29, 1.82) is 0 Å². The summed E-state index contributed by atoms with van der Waals surface area (Å²) in [6.07, 6.45) is 2.50. The van der Waals surface area contributed by atoms with E-state index in [1.165, 1.54) is 12.8 Å². The largest absolute Gasteiger partial charge is 0.484 e. The van der Waals surface area contributed by atoms with E-state index in [0.717, 1.165) is 23.4 Å². The number of rotatable bonds is 5. The summed E-state index contributed by atoms with van der Waals surface area (Å²) in [5.41, 5.74) is 2.30. The molecule has 3 nitrogen and oxygen atoms in total. The molecule has 0 bridgehead atoms. The molecule has 1 saturated carbocycles. The van der Waals surface area contributed by atoms with Crippen molar-refractivity contribution < 1.29 is 9.53 Å². The molecule has 1 N–H and O–H groups in total. The molecule has 1 aliphatic carbocycles. The van der Waals surface area contributed by atoms with Crippen LogP contribution in [0.1, 0.15) is 24.0 Å². The molecule has 2 rings (SSSR count). The number of carbonyl (C=O) groups excluding carboxylic acids is 1. The number of hydrogen-bond acceptors (Lipinski definition) is 2. The molecule has 1 aliphatic rings. The minimum Gasteiger partial charge on any atom is -0.484 e. The van der Waals surface area contributed by atoms with E-state index < -0.39 is 0 Å². The Kier molecular flexibility index (Phi) is 3.67. The van der Waals surface area contributed by atoms with Gasteiger partial charge in [0.25, 0.3) is 5.91 Å². The predicted molar refractivity (Wildman–Crippen MR) is 67.1 cm³/mol. The first-order valence-electron chi connectivity index (χ1n) is 6.11. The van der Waals surface area contributed by atoms with Crippen LogP contribution in [0.25, 0.3) is 0 Å². The average Bonchev–Trinajstić information content (AvgIpc) is 3.06. The van der Waals surface area contributed by atoms with Crippen molar-refractivity contribution >= 4 is 5.91 Å². The maximum atomic E-state index is 11.5. The number of carbonyl (C=O) groups is 1. The number of aryl methyl sites for hydroxylation is 2. The Hall–Kier alpha value is -1.51. The molecule has 0 aliphatic heterocycles. The van der Waals surface area contributed by atoms with Gasteiger partial charge in [0.05, 0.1) is 0 Å². The third-order valence-electron chi connectivity index (χ3n) is 2.85. The van der Waals surface area contributed by atoms with Gasteiger partial charge >= 0.3 is 0 Å². The predicted octanol–water partition coefficient (Wildman–Crippen LogP) is 2.21. The maximum absolute atomic E-state index is 11.5. The van der Waals surface area contributed by atoms with Gasteiger partial charge in [0, 0.05) is 6.54 Å². The third-order valence-corrected chi connectivity index (χ3v) is 2.85. The van der Waals surface area contributed by atoms with E-state index in [4.69, 9.17) is 4.74 Å². The van der Waals surface area contributed by atoms with Crippen molar-refractivity contribution in [3.63, 3.8) is 0 Å². The Morgan fingerprint density at radius 3 is 2.53 bits per heavy atom. The summed E-state index contributed by atoms with van der Waals surface area (Å²) in [5, 5.41) is 2.88. The first-order chi connectivity index (χ1) is 8.13. The Labute approximate surface area is 102 Å². The quantitative estimate of drug-likeness (QED) is 0.846. The second-order valence-corrected chi connectivity index (χ2v) is 4.86. The van der Waals surface area contributed by atoms with Gasteiger partial charge in [-0.05, 0) is 55.9 Å². The van der Waals surface area contributed by atoms with Gasteiger partial charge in [-0.2, -0.15) is 0 Å². The van der Waals surface area contributed by atoms with E-state index >= 15 is 0 Å². The summed E-state index contributed by atoms with van der Waals surface area (Å²) in [5.74, 6) is 1.44. The molecule has 0 aromatic heterocycles. The van der Waals surface area contributed by atoms with E-state index in [1.54, 1.807) is 0 Å². The van der Waals surface area contributed by atoms with Gasteiger partial charge in [0.15, 0.2) is 6.61 Å². The van der Waals surface area contributed by atoms with Crippen LogP contribution >= 0.6 is 0 Å². The summed E-state index contributed by atoms with van der Waals surface area (Å²) < 4.78 is 5.47. The van der Waals surface area contributed by atoms with E-state index in [0.29, 0.717) is 5.92 Å². The van der Waals surface area contributed by atoms with Crippen LogP contribution < -0.4 is 10.1 Å². The topological polar surface area (TPSA) is 38.3 Å². The van der Waals surface area contributed by atoms with Gasteiger partial charge in [-0.3, -0.25) is 4.79 Å². The molecular weight excluding hydrogens is 214 g/mol. The molecule has 1 aromatic rings. The standard InChI is InChI=1S/C14H19NO2/c1-10-5-11(2)7-13(6-10)17-9-14(16)15-8-12-3-4-12/h5-7,12H,3-4,8-9H2,1-2H3,(H,15,16). The van der Waals surface area contributed by atoms with Crippen LogP contribution in [0, 0.1) is 19.8 Å². The highest BCUT2D eigenvalue weighted by Gasteiger charge is 2.21. The van der Waals surface area contributed by atoms with E-state index in [-0.39, 0.29) is 12.5 Å². The second-order valence-electron chi connectivity index (χ2n) is 4.86. The zero-order valence-corrected chi connectivity index (χ0v) is 10.5. The number of benzene rings is 1. The highest BCUT2D eigenvalue weighted by atomic mass is 16.5. The summed E-state index contributed by atoms with van der Waals surface area (Å²) >= 11 is 0. The Bertz CT molecular complexity index is 390. The van der Waals surface area contributed by atoms with Crippen molar-refractivity contribution in [2.24, 2.45) is 5.92 Å². The molecule has 1 aromatic carbocycles. The van der Waals surface area contributed by atoms with Gasteiger partial charge in [0.2, 0.25) is 0 Å². The van der Waals surface area contributed by atoms with Crippen LogP contribution in [0.15, 0.2) is 18.2 Å². The maximum Gasteiger partial charge on any atom is 0.257 e. The first kappa shape index (κ1) is 12.0. The zero-order chi connectivity index (χ0) is 12.3. The molecule has 0 heterocycles.